The Labute approximate surface area is 114 Å². The number of hydrogen-bond donors (Lipinski definition) is 1. The van der Waals surface area contributed by atoms with Crippen LogP contribution in [0.15, 0.2) is 6.07 Å². The second-order valence-electron chi connectivity index (χ2n) is 4.91. The number of aromatic nitrogens is 2. The first-order chi connectivity index (χ1) is 8.78. The third-order valence-electron chi connectivity index (χ3n) is 3.26. The minimum absolute atomic E-state index is 0.839. The minimum atomic E-state index is 0.839. The molecule has 4 heteroatoms. The molecule has 3 nitrogen and oxygen atoms in total. The van der Waals surface area contributed by atoms with Crippen molar-refractivity contribution in [3.8, 4) is 0 Å². The van der Waals surface area contributed by atoms with Gasteiger partial charge in [-0.25, -0.2) is 9.97 Å². The Morgan fingerprint density at radius 3 is 2.83 bits per heavy atom. The van der Waals surface area contributed by atoms with E-state index in [2.05, 4.69) is 35.2 Å². The lowest BCUT2D eigenvalue weighted by atomic mass is 10.3. The van der Waals surface area contributed by atoms with E-state index in [-0.39, 0.29) is 0 Å². The summed E-state index contributed by atoms with van der Waals surface area (Å²) in [6.07, 6.45) is 5.55. The lowest BCUT2D eigenvalue weighted by Gasteiger charge is -2.09. The highest BCUT2D eigenvalue weighted by Crippen LogP contribution is 2.30. The summed E-state index contributed by atoms with van der Waals surface area (Å²) in [5.41, 5.74) is 2.20. The molecule has 1 aliphatic carbocycles. The Morgan fingerprint density at radius 2 is 2.11 bits per heavy atom. The number of nitrogens with zero attached hydrogens (tertiary/aromatic N) is 2. The molecule has 1 aromatic heterocycles. The first kappa shape index (κ1) is 13.8. The van der Waals surface area contributed by atoms with Crippen LogP contribution in [0.1, 0.15) is 49.8 Å². The highest BCUT2D eigenvalue weighted by Gasteiger charge is 2.15. The van der Waals surface area contributed by atoms with E-state index in [1.54, 1.807) is 0 Å². The molecule has 1 aliphatic rings. The molecule has 0 bridgehead atoms. The van der Waals surface area contributed by atoms with Crippen LogP contribution < -0.4 is 5.32 Å². The maximum atomic E-state index is 4.64. The van der Waals surface area contributed by atoms with Crippen LogP contribution in [0, 0.1) is 6.92 Å². The molecule has 0 amide bonds. The van der Waals surface area contributed by atoms with E-state index < -0.39 is 0 Å². The van der Waals surface area contributed by atoms with E-state index in [4.69, 9.17) is 0 Å². The van der Waals surface area contributed by atoms with Crippen LogP contribution in [-0.4, -0.2) is 21.8 Å². The Kier molecular flexibility index (Phi) is 5.45. The third-order valence-corrected chi connectivity index (χ3v) is 4.63. The Morgan fingerprint density at radius 1 is 1.33 bits per heavy atom. The SMILES string of the molecule is CCNCc1cc(C)nc(CSC2CCCC2)n1. The molecule has 0 aromatic carbocycles. The van der Waals surface area contributed by atoms with Crippen molar-refractivity contribution in [1.82, 2.24) is 15.3 Å². The van der Waals surface area contributed by atoms with Gasteiger partial charge in [0.25, 0.3) is 0 Å². The summed E-state index contributed by atoms with van der Waals surface area (Å²) in [6, 6.07) is 2.08. The van der Waals surface area contributed by atoms with Gasteiger partial charge < -0.3 is 5.32 Å². The van der Waals surface area contributed by atoms with Gasteiger partial charge in [-0.3, -0.25) is 0 Å². The van der Waals surface area contributed by atoms with Crippen molar-refractivity contribution in [2.45, 2.75) is 57.1 Å². The second kappa shape index (κ2) is 7.10. The first-order valence-electron chi connectivity index (χ1n) is 6.93. The molecule has 0 radical (unpaired) electrons. The van der Waals surface area contributed by atoms with Gasteiger partial charge in [-0.1, -0.05) is 19.8 Å². The lowest BCUT2D eigenvalue weighted by molar-refractivity contribution is 0.702. The monoisotopic (exact) mass is 265 g/mol. The zero-order chi connectivity index (χ0) is 12.8. The zero-order valence-electron chi connectivity index (χ0n) is 11.4. The molecule has 0 saturated heterocycles. The van der Waals surface area contributed by atoms with Crippen molar-refractivity contribution < 1.29 is 0 Å². The van der Waals surface area contributed by atoms with Crippen LogP contribution in [-0.2, 0) is 12.3 Å². The van der Waals surface area contributed by atoms with Gasteiger partial charge in [-0.2, -0.15) is 11.8 Å². The largest absolute Gasteiger partial charge is 0.311 e. The third kappa shape index (κ3) is 4.25. The topological polar surface area (TPSA) is 37.8 Å². The molecule has 1 aromatic rings. The Balaban J connectivity index is 1.91. The number of hydrogen-bond acceptors (Lipinski definition) is 4. The fourth-order valence-corrected chi connectivity index (χ4v) is 3.54. The Bertz CT molecular complexity index is 375. The molecule has 18 heavy (non-hydrogen) atoms. The summed E-state index contributed by atoms with van der Waals surface area (Å²) in [5, 5.41) is 4.16. The molecule has 0 aliphatic heterocycles. The molecule has 100 valence electrons. The molecule has 1 N–H and O–H groups in total. The maximum Gasteiger partial charge on any atom is 0.138 e. The predicted molar refractivity (Wildman–Crippen MR) is 77.7 cm³/mol. The van der Waals surface area contributed by atoms with E-state index in [1.807, 2.05) is 11.8 Å². The van der Waals surface area contributed by atoms with Gasteiger partial charge in [0, 0.05) is 17.5 Å². The van der Waals surface area contributed by atoms with E-state index in [9.17, 15) is 0 Å². The summed E-state index contributed by atoms with van der Waals surface area (Å²) in [6.45, 7) is 6.00. The van der Waals surface area contributed by atoms with Crippen LogP contribution >= 0.6 is 11.8 Å². The van der Waals surface area contributed by atoms with Crippen molar-refractivity contribution >= 4 is 11.8 Å². The average Bonchev–Trinajstić information content (AvgIpc) is 2.86. The van der Waals surface area contributed by atoms with Crippen LogP contribution in [0.25, 0.3) is 0 Å². The van der Waals surface area contributed by atoms with Crippen LogP contribution in [0.3, 0.4) is 0 Å². The lowest BCUT2D eigenvalue weighted by Crippen LogP contribution is -2.14. The summed E-state index contributed by atoms with van der Waals surface area (Å²) in [7, 11) is 0. The summed E-state index contributed by atoms with van der Waals surface area (Å²) in [4.78, 5) is 9.18. The van der Waals surface area contributed by atoms with Gasteiger partial charge in [-0.05, 0) is 32.4 Å². The molecule has 1 fully saturated rings. The van der Waals surface area contributed by atoms with Crippen LogP contribution in [0.5, 0.6) is 0 Å². The highest BCUT2D eigenvalue weighted by atomic mass is 32.2. The van der Waals surface area contributed by atoms with Gasteiger partial charge in [0.05, 0.1) is 11.4 Å². The molecular formula is C14H23N3S. The predicted octanol–water partition coefficient (Wildman–Crippen LogP) is 3.07. The number of rotatable bonds is 6. The smallest absolute Gasteiger partial charge is 0.138 e. The highest BCUT2D eigenvalue weighted by molar-refractivity contribution is 7.99. The first-order valence-corrected chi connectivity index (χ1v) is 7.98. The Hall–Kier alpha value is -0.610. The fraction of sp³-hybridized carbons (Fsp3) is 0.714. The number of nitrogens with one attached hydrogen (secondary N) is 1. The van der Waals surface area contributed by atoms with Gasteiger partial charge in [-0.15, -0.1) is 0 Å². The van der Waals surface area contributed by atoms with E-state index in [0.29, 0.717) is 0 Å². The van der Waals surface area contributed by atoms with Crippen molar-refractivity contribution in [2.24, 2.45) is 0 Å². The van der Waals surface area contributed by atoms with E-state index in [0.717, 1.165) is 41.3 Å². The van der Waals surface area contributed by atoms with Crippen LogP contribution in [0.4, 0.5) is 0 Å². The van der Waals surface area contributed by atoms with E-state index >= 15 is 0 Å². The second-order valence-corrected chi connectivity index (χ2v) is 6.20. The number of aryl methyl sites for hydroxylation is 1. The summed E-state index contributed by atoms with van der Waals surface area (Å²) < 4.78 is 0. The standard InChI is InChI=1S/C14H23N3S/c1-3-15-9-12-8-11(2)16-14(17-12)10-18-13-6-4-5-7-13/h8,13,15H,3-7,9-10H2,1-2H3. The van der Waals surface area contributed by atoms with Crippen molar-refractivity contribution in [3.05, 3.63) is 23.3 Å². The summed E-state index contributed by atoms with van der Waals surface area (Å²) >= 11 is 2.03. The summed E-state index contributed by atoms with van der Waals surface area (Å²) in [5.74, 6) is 1.96. The molecule has 1 heterocycles. The van der Waals surface area contributed by atoms with Gasteiger partial charge in [0.2, 0.25) is 0 Å². The van der Waals surface area contributed by atoms with Gasteiger partial charge in [0.15, 0.2) is 0 Å². The zero-order valence-corrected chi connectivity index (χ0v) is 12.2. The van der Waals surface area contributed by atoms with Crippen molar-refractivity contribution in [2.75, 3.05) is 6.54 Å². The van der Waals surface area contributed by atoms with Gasteiger partial charge in [0.1, 0.15) is 5.82 Å². The van der Waals surface area contributed by atoms with Crippen LogP contribution in [0.2, 0.25) is 0 Å². The average molecular weight is 265 g/mol. The molecular weight excluding hydrogens is 242 g/mol. The minimum Gasteiger partial charge on any atom is -0.311 e. The molecule has 2 rings (SSSR count). The van der Waals surface area contributed by atoms with Crippen molar-refractivity contribution in [3.63, 3.8) is 0 Å². The van der Waals surface area contributed by atoms with Gasteiger partial charge >= 0.3 is 0 Å². The maximum absolute atomic E-state index is 4.64. The van der Waals surface area contributed by atoms with E-state index in [1.165, 1.54) is 25.7 Å². The molecule has 1 saturated carbocycles. The molecule has 0 spiro atoms. The number of thioether (sulfide) groups is 1. The van der Waals surface area contributed by atoms with Crippen molar-refractivity contribution in [1.29, 1.82) is 0 Å². The molecule has 0 unspecified atom stereocenters. The normalized spacial score (nSPS) is 16.3. The fourth-order valence-electron chi connectivity index (χ4n) is 2.36. The molecule has 0 atom stereocenters. The quantitative estimate of drug-likeness (QED) is 0.858.